The number of carbonyl (C=O) groups excluding carboxylic acids is 1. The van der Waals surface area contributed by atoms with Gasteiger partial charge in [-0.3, -0.25) is 9.69 Å². The number of nitrogens with zero attached hydrogens (tertiary/aromatic N) is 2. The number of carbonyl (C=O) groups is 1. The second-order valence-electron chi connectivity index (χ2n) is 5.80. The molecule has 0 bridgehead atoms. The second kappa shape index (κ2) is 8.35. The lowest BCUT2D eigenvalue weighted by Crippen LogP contribution is -2.23. The molecule has 2 aromatic rings. The van der Waals surface area contributed by atoms with Crippen LogP contribution in [-0.4, -0.2) is 44.4 Å². The van der Waals surface area contributed by atoms with E-state index in [0.717, 1.165) is 5.56 Å². The van der Waals surface area contributed by atoms with E-state index in [-0.39, 0.29) is 11.7 Å². The van der Waals surface area contributed by atoms with E-state index in [0.29, 0.717) is 33.0 Å². The summed E-state index contributed by atoms with van der Waals surface area (Å²) in [4.78, 5) is 19.0. The van der Waals surface area contributed by atoms with Gasteiger partial charge >= 0.3 is 0 Å². The van der Waals surface area contributed by atoms with Crippen LogP contribution in [-0.2, 0) is 4.79 Å². The number of methoxy groups -OCH3 is 3. The van der Waals surface area contributed by atoms with E-state index < -0.39 is 0 Å². The molecule has 0 radical (unpaired) electrons. The number of thioether (sulfide) groups is 1. The average molecular weight is 402 g/mol. The summed E-state index contributed by atoms with van der Waals surface area (Å²) in [6.45, 7) is 0. The average Bonchev–Trinajstić information content (AvgIpc) is 2.96. The van der Waals surface area contributed by atoms with Crippen molar-refractivity contribution in [3.8, 4) is 17.2 Å². The summed E-state index contributed by atoms with van der Waals surface area (Å²) in [7, 11) is 6.24. The minimum Gasteiger partial charge on any atom is -0.493 e. The number of benzene rings is 2. The Morgan fingerprint density at radius 1 is 1.04 bits per heavy atom. The maximum absolute atomic E-state index is 13.1. The summed E-state index contributed by atoms with van der Waals surface area (Å²) >= 11 is 1.24. The monoisotopic (exact) mass is 402 g/mol. The number of hydrogen-bond acceptors (Lipinski definition) is 6. The van der Waals surface area contributed by atoms with Gasteiger partial charge < -0.3 is 14.2 Å². The molecule has 3 rings (SSSR count). The number of halogens is 1. The summed E-state index contributed by atoms with van der Waals surface area (Å²) in [6, 6.07) is 9.29. The lowest BCUT2D eigenvalue weighted by molar-refractivity contribution is -0.121. The van der Waals surface area contributed by atoms with Gasteiger partial charge in [0, 0.05) is 7.05 Å². The van der Waals surface area contributed by atoms with Gasteiger partial charge in [-0.2, -0.15) is 0 Å². The highest BCUT2D eigenvalue weighted by Crippen LogP contribution is 2.40. The van der Waals surface area contributed by atoms with Crippen molar-refractivity contribution in [1.82, 2.24) is 4.90 Å². The lowest BCUT2D eigenvalue weighted by Gasteiger charge is -2.13. The first-order valence-corrected chi connectivity index (χ1v) is 9.10. The molecule has 2 aromatic carbocycles. The Morgan fingerprint density at radius 2 is 1.64 bits per heavy atom. The van der Waals surface area contributed by atoms with E-state index in [2.05, 4.69) is 4.99 Å². The summed E-state index contributed by atoms with van der Waals surface area (Å²) in [5, 5.41) is 0.510. The van der Waals surface area contributed by atoms with Gasteiger partial charge in [-0.25, -0.2) is 9.38 Å². The van der Waals surface area contributed by atoms with Gasteiger partial charge in [-0.1, -0.05) is 0 Å². The SMILES string of the molecule is COc1cc(/C=C2/SC(=Nc3ccc(F)cc3)N(C)C2=O)cc(OC)c1OC. The first-order valence-electron chi connectivity index (χ1n) is 8.28. The molecule has 1 heterocycles. The van der Waals surface area contributed by atoms with E-state index >= 15 is 0 Å². The molecule has 0 atom stereocenters. The maximum Gasteiger partial charge on any atom is 0.266 e. The minimum atomic E-state index is -0.338. The molecule has 6 nitrogen and oxygen atoms in total. The van der Waals surface area contributed by atoms with Crippen molar-refractivity contribution in [2.24, 2.45) is 4.99 Å². The largest absolute Gasteiger partial charge is 0.493 e. The fourth-order valence-electron chi connectivity index (χ4n) is 2.61. The zero-order valence-corrected chi connectivity index (χ0v) is 16.7. The molecule has 1 aliphatic heterocycles. The number of hydrogen-bond donors (Lipinski definition) is 0. The Hall–Kier alpha value is -3.00. The number of aliphatic imine (C=N–C) groups is 1. The standard InChI is InChI=1S/C20H19FN2O4S/c1-23-19(24)17(28-20(23)22-14-7-5-13(21)6-8-14)11-12-9-15(25-2)18(27-4)16(10-12)26-3/h5-11H,1-4H3/b17-11+,22-20?. The van der Waals surface area contributed by atoms with Crippen molar-refractivity contribution in [3.05, 3.63) is 52.7 Å². The molecule has 1 fully saturated rings. The van der Waals surface area contributed by atoms with Crippen molar-refractivity contribution in [2.45, 2.75) is 0 Å². The van der Waals surface area contributed by atoms with Gasteiger partial charge in [0.05, 0.1) is 31.9 Å². The third-order valence-corrected chi connectivity index (χ3v) is 5.10. The van der Waals surface area contributed by atoms with Gasteiger partial charge in [-0.15, -0.1) is 0 Å². The second-order valence-corrected chi connectivity index (χ2v) is 6.81. The van der Waals surface area contributed by atoms with Crippen molar-refractivity contribution in [3.63, 3.8) is 0 Å². The Bertz CT molecular complexity index is 932. The molecule has 28 heavy (non-hydrogen) atoms. The van der Waals surface area contributed by atoms with Crippen LogP contribution in [0.25, 0.3) is 6.08 Å². The third-order valence-electron chi connectivity index (χ3n) is 4.04. The number of amides is 1. The Balaban J connectivity index is 1.95. The van der Waals surface area contributed by atoms with Gasteiger partial charge in [0.15, 0.2) is 16.7 Å². The van der Waals surface area contributed by atoms with E-state index in [1.807, 2.05) is 0 Å². The molecule has 1 aliphatic rings. The highest BCUT2D eigenvalue weighted by molar-refractivity contribution is 8.18. The highest BCUT2D eigenvalue weighted by atomic mass is 32.2. The van der Waals surface area contributed by atoms with Crippen molar-refractivity contribution >= 4 is 34.6 Å². The maximum atomic E-state index is 13.1. The Labute approximate surface area is 166 Å². The van der Waals surface area contributed by atoms with Gasteiger partial charge in [-0.05, 0) is 59.8 Å². The molecular formula is C20H19FN2O4S. The van der Waals surface area contributed by atoms with Crippen LogP contribution in [0.2, 0.25) is 0 Å². The van der Waals surface area contributed by atoms with Crippen LogP contribution in [0.1, 0.15) is 5.56 Å². The summed E-state index contributed by atoms with van der Waals surface area (Å²) in [5.74, 6) is 0.957. The molecule has 8 heteroatoms. The molecule has 0 spiro atoms. The van der Waals surface area contributed by atoms with Crippen LogP contribution in [0, 0.1) is 5.82 Å². The van der Waals surface area contributed by atoms with Gasteiger partial charge in [0.25, 0.3) is 5.91 Å². The van der Waals surface area contributed by atoms with E-state index in [1.165, 1.54) is 50.1 Å². The van der Waals surface area contributed by atoms with Crippen LogP contribution < -0.4 is 14.2 Å². The van der Waals surface area contributed by atoms with Crippen LogP contribution in [0.15, 0.2) is 46.3 Å². The number of amidine groups is 1. The van der Waals surface area contributed by atoms with Gasteiger partial charge in [0.2, 0.25) is 5.75 Å². The van der Waals surface area contributed by atoms with Gasteiger partial charge in [0.1, 0.15) is 5.82 Å². The lowest BCUT2D eigenvalue weighted by atomic mass is 10.1. The first kappa shape index (κ1) is 19.8. The Morgan fingerprint density at radius 3 is 2.18 bits per heavy atom. The van der Waals surface area contributed by atoms with Crippen molar-refractivity contribution in [1.29, 1.82) is 0 Å². The fraction of sp³-hybridized carbons (Fsp3) is 0.200. The van der Waals surface area contributed by atoms with E-state index in [4.69, 9.17) is 14.2 Å². The predicted octanol–water partition coefficient (Wildman–Crippen LogP) is 4.09. The topological polar surface area (TPSA) is 60.4 Å². The van der Waals surface area contributed by atoms with Crippen LogP contribution in [0.5, 0.6) is 17.2 Å². The molecule has 146 valence electrons. The summed E-state index contributed by atoms with van der Waals surface area (Å²) in [5.41, 5.74) is 1.29. The van der Waals surface area contributed by atoms with E-state index in [1.54, 1.807) is 37.4 Å². The zero-order valence-electron chi connectivity index (χ0n) is 15.9. The Kier molecular flexibility index (Phi) is 5.89. The van der Waals surface area contributed by atoms with Crippen LogP contribution in [0.3, 0.4) is 0 Å². The highest BCUT2D eigenvalue weighted by Gasteiger charge is 2.30. The number of likely N-dealkylation sites (N-methyl/N-ethyl adjacent to an activating group) is 1. The molecule has 0 saturated carbocycles. The number of rotatable bonds is 5. The third kappa shape index (κ3) is 3.96. The predicted molar refractivity (Wildman–Crippen MR) is 108 cm³/mol. The van der Waals surface area contributed by atoms with Crippen LogP contribution >= 0.6 is 11.8 Å². The fourth-order valence-corrected chi connectivity index (χ4v) is 3.60. The zero-order chi connectivity index (χ0) is 20.3. The first-order chi connectivity index (χ1) is 13.5. The van der Waals surface area contributed by atoms with E-state index in [9.17, 15) is 9.18 Å². The van der Waals surface area contributed by atoms with Crippen molar-refractivity contribution in [2.75, 3.05) is 28.4 Å². The molecule has 0 unspecified atom stereocenters. The van der Waals surface area contributed by atoms with Crippen LogP contribution in [0.4, 0.5) is 10.1 Å². The normalized spacial score (nSPS) is 16.8. The summed E-state index contributed by atoms with van der Waals surface area (Å²) < 4.78 is 29.1. The molecule has 1 amide bonds. The smallest absolute Gasteiger partial charge is 0.266 e. The molecule has 0 aromatic heterocycles. The minimum absolute atomic E-state index is 0.181. The number of ether oxygens (including phenoxy) is 3. The van der Waals surface area contributed by atoms with Crippen molar-refractivity contribution < 1.29 is 23.4 Å². The molecule has 1 saturated heterocycles. The molecule has 0 aliphatic carbocycles. The summed E-state index contributed by atoms with van der Waals surface area (Å²) in [6.07, 6.45) is 1.74. The molecular weight excluding hydrogens is 383 g/mol. The molecule has 0 N–H and O–H groups in total. The quantitative estimate of drug-likeness (QED) is 0.705.